The van der Waals surface area contributed by atoms with E-state index in [1.807, 2.05) is 19.0 Å². The van der Waals surface area contributed by atoms with Gasteiger partial charge in [0, 0.05) is 31.4 Å². The lowest BCUT2D eigenvalue weighted by Gasteiger charge is -2.28. The van der Waals surface area contributed by atoms with Gasteiger partial charge in [-0.3, -0.25) is 15.1 Å². The Morgan fingerprint density at radius 1 is 1.33 bits per heavy atom. The van der Waals surface area contributed by atoms with Gasteiger partial charge in [-0.05, 0) is 26.2 Å². The maximum atomic E-state index is 12.8. The maximum absolute atomic E-state index is 12.8. The molecule has 0 saturated carbocycles. The second-order valence-corrected chi connectivity index (χ2v) is 8.18. The molecule has 1 aliphatic heterocycles. The number of hydrogen-bond donors (Lipinski definition) is 1. The Balaban J connectivity index is 1.62. The molecule has 0 aliphatic carbocycles. The van der Waals surface area contributed by atoms with Crippen molar-refractivity contribution in [2.75, 3.05) is 57.7 Å². The number of ether oxygens (including phenoxy) is 2. The highest BCUT2D eigenvalue weighted by atomic mass is 32.1. The molecule has 1 fully saturated rings. The Morgan fingerprint density at radius 3 is 2.87 bits per heavy atom. The first-order chi connectivity index (χ1) is 14.5. The summed E-state index contributed by atoms with van der Waals surface area (Å²) in [6.07, 6.45) is 3.45. The minimum Gasteiger partial charge on any atom is -0.479 e. The lowest BCUT2D eigenvalue weighted by Crippen LogP contribution is -2.36. The van der Waals surface area contributed by atoms with Crippen LogP contribution in [-0.2, 0) is 11.3 Å². The molecule has 0 unspecified atom stereocenters. The van der Waals surface area contributed by atoms with Crippen LogP contribution < -0.4 is 15.0 Å². The van der Waals surface area contributed by atoms with Gasteiger partial charge in [-0.15, -0.1) is 0 Å². The molecule has 4 rings (SSSR count). The molecule has 9 nitrogen and oxygen atoms in total. The molecule has 10 heteroatoms. The molecule has 0 bridgehead atoms. The molecular formula is C20H24N6O3S. The Kier molecular flexibility index (Phi) is 6.07. The minimum atomic E-state index is -0.226. The monoisotopic (exact) mass is 428 g/mol. The zero-order chi connectivity index (χ0) is 21.1. The third kappa shape index (κ3) is 4.35. The molecular weight excluding hydrogens is 404 g/mol. The van der Waals surface area contributed by atoms with Gasteiger partial charge >= 0.3 is 0 Å². The number of carbonyl (C=O) groups is 1. The molecule has 1 amide bonds. The van der Waals surface area contributed by atoms with Gasteiger partial charge in [-0.1, -0.05) is 11.3 Å². The predicted molar refractivity (Wildman–Crippen MR) is 117 cm³/mol. The van der Waals surface area contributed by atoms with Crippen LogP contribution >= 0.6 is 11.3 Å². The van der Waals surface area contributed by atoms with Crippen LogP contribution in [-0.4, -0.2) is 73.3 Å². The molecule has 3 aromatic heterocycles. The zero-order valence-corrected chi connectivity index (χ0v) is 18.0. The summed E-state index contributed by atoms with van der Waals surface area (Å²) in [6, 6.07) is 3.49. The fraction of sp³-hybridized carbons (Fsp3) is 0.400. The molecule has 1 saturated heterocycles. The maximum Gasteiger partial charge on any atom is 0.257 e. The van der Waals surface area contributed by atoms with Crippen molar-refractivity contribution in [3.8, 4) is 5.88 Å². The molecule has 3 aromatic rings. The van der Waals surface area contributed by atoms with E-state index in [0.717, 1.165) is 29.2 Å². The predicted octanol–water partition coefficient (Wildman–Crippen LogP) is 2.25. The molecule has 0 spiro atoms. The number of anilines is 2. The molecule has 1 aliphatic rings. The van der Waals surface area contributed by atoms with Gasteiger partial charge in [0.2, 0.25) is 5.88 Å². The number of rotatable bonds is 6. The average molecular weight is 429 g/mol. The summed E-state index contributed by atoms with van der Waals surface area (Å²) in [5.41, 5.74) is 2.99. The number of carbonyl (C=O) groups excluding carboxylic acids is 1. The quantitative estimate of drug-likeness (QED) is 0.639. The highest BCUT2D eigenvalue weighted by Gasteiger charge is 2.21. The molecule has 0 aromatic carbocycles. The lowest BCUT2D eigenvalue weighted by molar-refractivity contribution is 0.102. The molecule has 158 valence electrons. The fourth-order valence-corrected chi connectivity index (χ4v) is 4.30. The average Bonchev–Trinajstić information content (AvgIpc) is 3.17. The van der Waals surface area contributed by atoms with Crippen LogP contribution in [0.5, 0.6) is 5.88 Å². The van der Waals surface area contributed by atoms with Crippen molar-refractivity contribution in [1.82, 2.24) is 19.9 Å². The third-order valence-electron chi connectivity index (χ3n) is 4.69. The van der Waals surface area contributed by atoms with E-state index in [0.29, 0.717) is 41.9 Å². The number of nitrogens with one attached hydrogen (secondary N) is 1. The van der Waals surface area contributed by atoms with Gasteiger partial charge in [0.05, 0.1) is 42.6 Å². The Hall–Kier alpha value is -2.82. The fourth-order valence-electron chi connectivity index (χ4n) is 3.31. The normalized spacial score (nSPS) is 14.3. The van der Waals surface area contributed by atoms with Crippen molar-refractivity contribution in [2.45, 2.75) is 6.54 Å². The summed E-state index contributed by atoms with van der Waals surface area (Å²) in [4.78, 5) is 30.3. The summed E-state index contributed by atoms with van der Waals surface area (Å²) >= 11 is 1.42. The van der Waals surface area contributed by atoms with Gasteiger partial charge < -0.3 is 19.3 Å². The van der Waals surface area contributed by atoms with E-state index in [1.54, 1.807) is 31.6 Å². The van der Waals surface area contributed by atoms with E-state index >= 15 is 0 Å². The van der Waals surface area contributed by atoms with Crippen molar-refractivity contribution in [1.29, 1.82) is 0 Å². The SMILES string of the molecule is COc1ncc(N2CCOCC2)c2sc(NC(=O)c3ccnc(CN(C)C)c3)nc12. The van der Waals surface area contributed by atoms with Gasteiger partial charge in [0.1, 0.15) is 5.52 Å². The zero-order valence-electron chi connectivity index (χ0n) is 17.2. The van der Waals surface area contributed by atoms with Crippen molar-refractivity contribution < 1.29 is 14.3 Å². The molecule has 0 radical (unpaired) electrons. The summed E-state index contributed by atoms with van der Waals surface area (Å²) in [7, 11) is 5.49. The third-order valence-corrected chi connectivity index (χ3v) is 5.68. The van der Waals surface area contributed by atoms with Crippen LogP contribution in [0.3, 0.4) is 0 Å². The van der Waals surface area contributed by atoms with Crippen molar-refractivity contribution >= 4 is 38.3 Å². The molecule has 4 heterocycles. The van der Waals surface area contributed by atoms with E-state index in [1.165, 1.54) is 11.3 Å². The Labute approximate surface area is 178 Å². The molecule has 30 heavy (non-hydrogen) atoms. The number of thiazole rings is 1. The van der Waals surface area contributed by atoms with E-state index in [-0.39, 0.29) is 5.91 Å². The van der Waals surface area contributed by atoms with Crippen LogP contribution in [0.1, 0.15) is 16.1 Å². The van der Waals surface area contributed by atoms with Crippen LogP contribution in [0, 0.1) is 0 Å². The second kappa shape index (κ2) is 8.90. The van der Waals surface area contributed by atoms with Gasteiger partial charge in [0.25, 0.3) is 5.91 Å². The van der Waals surface area contributed by atoms with Gasteiger partial charge in [-0.25, -0.2) is 9.97 Å². The van der Waals surface area contributed by atoms with Crippen LogP contribution in [0.2, 0.25) is 0 Å². The largest absolute Gasteiger partial charge is 0.479 e. The van der Waals surface area contributed by atoms with Crippen LogP contribution in [0.4, 0.5) is 10.8 Å². The van der Waals surface area contributed by atoms with Crippen LogP contribution in [0.25, 0.3) is 10.2 Å². The first-order valence-corrected chi connectivity index (χ1v) is 10.4. The van der Waals surface area contributed by atoms with Crippen LogP contribution in [0.15, 0.2) is 24.5 Å². The molecule has 1 N–H and O–H groups in total. The number of fused-ring (bicyclic) bond motifs is 1. The summed E-state index contributed by atoms with van der Waals surface area (Å²) in [5.74, 6) is 0.215. The first kappa shape index (κ1) is 20.5. The topological polar surface area (TPSA) is 92.7 Å². The number of aromatic nitrogens is 3. The minimum absolute atomic E-state index is 0.226. The van der Waals surface area contributed by atoms with E-state index in [9.17, 15) is 4.79 Å². The summed E-state index contributed by atoms with van der Waals surface area (Å²) in [5, 5.41) is 3.41. The number of pyridine rings is 2. The Bertz CT molecular complexity index is 1050. The smallest absolute Gasteiger partial charge is 0.257 e. The van der Waals surface area contributed by atoms with Crippen molar-refractivity contribution in [3.05, 3.63) is 35.8 Å². The lowest BCUT2D eigenvalue weighted by atomic mass is 10.2. The number of nitrogens with zero attached hydrogens (tertiary/aromatic N) is 5. The second-order valence-electron chi connectivity index (χ2n) is 7.18. The number of morpholine rings is 1. The van der Waals surface area contributed by atoms with Crippen molar-refractivity contribution in [3.63, 3.8) is 0 Å². The van der Waals surface area contributed by atoms with E-state index in [2.05, 4.69) is 25.2 Å². The van der Waals surface area contributed by atoms with E-state index < -0.39 is 0 Å². The summed E-state index contributed by atoms with van der Waals surface area (Å²) in [6.45, 7) is 3.58. The van der Waals surface area contributed by atoms with Gasteiger partial charge in [-0.2, -0.15) is 0 Å². The number of amides is 1. The molecule has 0 atom stereocenters. The van der Waals surface area contributed by atoms with Crippen molar-refractivity contribution in [2.24, 2.45) is 0 Å². The Morgan fingerprint density at radius 2 is 2.13 bits per heavy atom. The number of hydrogen-bond acceptors (Lipinski definition) is 9. The van der Waals surface area contributed by atoms with Gasteiger partial charge in [0.15, 0.2) is 5.13 Å². The highest BCUT2D eigenvalue weighted by molar-refractivity contribution is 7.23. The van der Waals surface area contributed by atoms with E-state index in [4.69, 9.17) is 9.47 Å². The first-order valence-electron chi connectivity index (χ1n) is 9.62. The highest BCUT2D eigenvalue weighted by Crippen LogP contribution is 2.38. The standard InChI is InChI=1S/C20H24N6O3S/c1-25(2)12-14-10-13(4-5-21-14)18(27)24-20-23-16-17(30-20)15(11-22-19(16)28-3)26-6-8-29-9-7-26/h4-5,10-11H,6-9,12H2,1-3H3,(H,23,24,27). The summed E-state index contributed by atoms with van der Waals surface area (Å²) < 4.78 is 11.8. The number of methoxy groups -OCH3 is 1.